The summed E-state index contributed by atoms with van der Waals surface area (Å²) in [6.45, 7) is 4.89. The van der Waals surface area contributed by atoms with Crippen LogP contribution >= 0.6 is 0 Å². The number of hydrogen-bond acceptors (Lipinski definition) is 5. The smallest absolute Gasteiger partial charge is 0.137 e. The maximum absolute atomic E-state index is 4.76. The van der Waals surface area contributed by atoms with E-state index in [0.29, 0.717) is 12.0 Å². The summed E-state index contributed by atoms with van der Waals surface area (Å²) in [5.74, 6) is 0. The highest BCUT2D eigenvalue weighted by molar-refractivity contribution is 5.59. The molecule has 0 aliphatic heterocycles. The molecular weight excluding hydrogens is 424 g/mol. The fraction of sp³-hybridized carbons (Fsp3) is 0.308. The molecule has 172 valence electrons. The molecule has 1 N–H and O–H groups in total. The third kappa shape index (κ3) is 4.24. The van der Waals surface area contributed by atoms with Gasteiger partial charge in [0.05, 0.1) is 30.3 Å². The monoisotopic (exact) mass is 452 g/mol. The van der Waals surface area contributed by atoms with Crippen LogP contribution in [0.2, 0.25) is 0 Å². The van der Waals surface area contributed by atoms with E-state index in [1.165, 1.54) is 24.8 Å². The van der Waals surface area contributed by atoms with Gasteiger partial charge in [0.1, 0.15) is 11.3 Å². The van der Waals surface area contributed by atoms with Gasteiger partial charge in [-0.25, -0.2) is 9.67 Å². The number of nitrogens with zero attached hydrogens (tertiary/aromatic N) is 7. The maximum atomic E-state index is 4.76. The molecule has 0 atom stereocenters. The summed E-state index contributed by atoms with van der Waals surface area (Å²) in [7, 11) is 0. The van der Waals surface area contributed by atoms with E-state index in [4.69, 9.17) is 4.98 Å². The lowest BCUT2D eigenvalue weighted by Gasteiger charge is -2.38. The molecule has 0 radical (unpaired) electrons. The molecule has 1 fully saturated rings. The van der Waals surface area contributed by atoms with E-state index >= 15 is 0 Å². The van der Waals surface area contributed by atoms with Gasteiger partial charge in [0, 0.05) is 49.6 Å². The van der Waals surface area contributed by atoms with Gasteiger partial charge in [-0.05, 0) is 48.1 Å². The molecule has 0 bridgehead atoms. The molecule has 0 saturated heterocycles. The second kappa shape index (κ2) is 8.53. The second-order valence-corrected chi connectivity index (χ2v) is 9.63. The largest absolute Gasteiger partial charge is 0.322 e. The Balaban J connectivity index is 1.14. The van der Waals surface area contributed by atoms with Gasteiger partial charge in [-0.1, -0.05) is 24.6 Å². The normalized spacial score (nSPS) is 15.0. The molecule has 8 heteroatoms. The first-order valence-corrected chi connectivity index (χ1v) is 11.8. The molecule has 8 nitrogen and oxygen atoms in total. The predicted molar refractivity (Wildman–Crippen MR) is 131 cm³/mol. The number of hydrogen-bond donors (Lipinski definition) is 1. The molecule has 0 spiro atoms. The van der Waals surface area contributed by atoms with Crippen LogP contribution in [0.15, 0.2) is 73.7 Å². The van der Waals surface area contributed by atoms with E-state index in [1.54, 1.807) is 0 Å². The topological polar surface area (TPSA) is 77.9 Å². The van der Waals surface area contributed by atoms with E-state index in [2.05, 4.69) is 62.5 Å². The van der Waals surface area contributed by atoms with E-state index in [0.717, 1.165) is 41.4 Å². The van der Waals surface area contributed by atoms with Crippen LogP contribution in [0.5, 0.6) is 0 Å². The number of pyridine rings is 2. The van der Waals surface area contributed by atoms with Gasteiger partial charge in [-0.15, -0.1) is 5.10 Å². The van der Waals surface area contributed by atoms with Gasteiger partial charge in [0.2, 0.25) is 0 Å². The van der Waals surface area contributed by atoms with E-state index < -0.39 is 0 Å². The average molecular weight is 453 g/mol. The Bertz CT molecular complexity index is 1410. The van der Waals surface area contributed by atoms with Crippen molar-refractivity contribution in [3.8, 4) is 16.9 Å². The number of nitrogens with one attached hydrogen (secondary N) is 1. The van der Waals surface area contributed by atoms with Crippen molar-refractivity contribution >= 4 is 5.65 Å². The van der Waals surface area contributed by atoms with Gasteiger partial charge in [-0.2, -0.15) is 0 Å². The zero-order valence-electron chi connectivity index (χ0n) is 19.3. The van der Waals surface area contributed by atoms with Crippen LogP contribution in [-0.2, 0) is 13.1 Å². The average Bonchev–Trinajstić information content (AvgIpc) is 3.59. The van der Waals surface area contributed by atoms with Crippen molar-refractivity contribution in [2.45, 2.75) is 39.3 Å². The van der Waals surface area contributed by atoms with Crippen molar-refractivity contribution in [2.24, 2.45) is 5.41 Å². The molecule has 5 heterocycles. The van der Waals surface area contributed by atoms with Crippen molar-refractivity contribution in [3.63, 3.8) is 0 Å². The third-order valence-electron chi connectivity index (χ3n) is 6.79. The predicted octanol–water partition coefficient (Wildman–Crippen LogP) is 4.11. The molecular formula is C26H28N8. The summed E-state index contributed by atoms with van der Waals surface area (Å²) < 4.78 is 5.94. The zero-order valence-corrected chi connectivity index (χ0v) is 19.3. The Morgan fingerprint density at radius 2 is 1.94 bits per heavy atom. The van der Waals surface area contributed by atoms with Gasteiger partial charge < -0.3 is 14.3 Å². The molecule has 0 aromatic carbocycles. The standard InChI is InChI=1S/C26H28N8/c1-26(7-4-8-26)19-28-12-20-5-6-25-29-22(16-33(25)15-20)17-34-18-24(30-31-34)21-11-23(14-27-13-21)32-9-2-3-10-32/h2-3,5-6,9-11,13-16,18,28H,4,7-8,12,17,19H2,1H3. The molecule has 6 rings (SSSR count). The third-order valence-corrected chi connectivity index (χ3v) is 6.79. The fourth-order valence-corrected chi connectivity index (χ4v) is 4.63. The summed E-state index contributed by atoms with van der Waals surface area (Å²) in [6, 6.07) is 10.3. The molecule has 5 aromatic rings. The minimum Gasteiger partial charge on any atom is -0.322 e. The maximum Gasteiger partial charge on any atom is 0.137 e. The molecule has 1 aliphatic carbocycles. The van der Waals surface area contributed by atoms with E-state index in [1.807, 2.05) is 52.4 Å². The fourth-order valence-electron chi connectivity index (χ4n) is 4.63. The van der Waals surface area contributed by atoms with Gasteiger partial charge >= 0.3 is 0 Å². The van der Waals surface area contributed by atoms with Crippen molar-refractivity contribution in [2.75, 3.05) is 6.54 Å². The van der Waals surface area contributed by atoms with Crippen LogP contribution in [-0.4, -0.2) is 40.5 Å². The number of aromatic nitrogens is 7. The van der Waals surface area contributed by atoms with E-state index in [9.17, 15) is 0 Å². The quantitative estimate of drug-likeness (QED) is 0.383. The van der Waals surface area contributed by atoms with Gasteiger partial charge in [0.25, 0.3) is 0 Å². The number of fused-ring (bicyclic) bond motifs is 1. The lowest BCUT2D eigenvalue weighted by atomic mass is 9.70. The zero-order chi connectivity index (χ0) is 23.0. The molecule has 5 aromatic heterocycles. The highest BCUT2D eigenvalue weighted by atomic mass is 15.4. The van der Waals surface area contributed by atoms with Crippen molar-refractivity contribution in [1.29, 1.82) is 0 Å². The Morgan fingerprint density at radius 1 is 1.06 bits per heavy atom. The van der Waals surface area contributed by atoms with Crippen LogP contribution in [0.3, 0.4) is 0 Å². The highest BCUT2D eigenvalue weighted by Gasteiger charge is 2.30. The molecule has 1 saturated carbocycles. The molecule has 1 aliphatic rings. The van der Waals surface area contributed by atoms with Crippen LogP contribution in [0, 0.1) is 5.41 Å². The Kier molecular flexibility index (Phi) is 5.22. The first kappa shape index (κ1) is 20.8. The summed E-state index contributed by atoms with van der Waals surface area (Å²) in [4.78, 5) is 9.13. The lowest BCUT2D eigenvalue weighted by molar-refractivity contribution is 0.156. The summed E-state index contributed by atoms with van der Waals surface area (Å²) in [6.07, 6.45) is 17.9. The summed E-state index contributed by atoms with van der Waals surface area (Å²) in [5, 5.41) is 12.3. The first-order valence-electron chi connectivity index (χ1n) is 11.8. The van der Waals surface area contributed by atoms with Gasteiger partial charge in [0.15, 0.2) is 0 Å². The van der Waals surface area contributed by atoms with Gasteiger partial charge in [-0.3, -0.25) is 4.98 Å². The summed E-state index contributed by atoms with van der Waals surface area (Å²) >= 11 is 0. The van der Waals surface area contributed by atoms with Crippen molar-refractivity contribution < 1.29 is 0 Å². The second-order valence-electron chi connectivity index (χ2n) is 9.63. The van der Waals surface area contributed by atoms with Crippen molar-refractivity contribution in [3.05, 3.63) is 85.0 Å². The Labute approximate surface area is 198 Å². The molecule has 0 unspecified atom stereocenters. The van der Waals surface area contributed by atoms with Crippen molar-refractivity contribution in [1.82, 2.24) is 39.2 Å². The van der Waals surface area contributed by atoms with Crippen LogP contribution in [0.1, 0.15) is 37.4 Å². The molecule has 0 amide bonds. The van der Waals surface area contributed by atoms with Crippen LogP contribution in [0.4, 0.5) is 0 Å². The Morgan fingerprint density at radius 3 is 2.76 bits per heavy atom. The van der Waals surface area contributed by atoms with Crippen LogP contribution < -0.4 is 5.32 Å². The minimum absolute atomic E-state index is 0.489. The first-order chi connectivity index (χ1) is 16.6. The number of rotatable bonds is 8. The number of imidazole rings is 1. The molecule has 34 heavy (non-hydrogen) atoms. The van der Waals surface area contributed by atoms with E-state index in [-0.39, 0.29) is 0 Å². The van der Waals surface area contributed by atoms with Crippen LogP contribution in [0.25, 0.3) is 22.6 Å². The highest BCUT2D eigenvalue weighted by Crippen LogP contribution is 2.39. The summed E-state index contributed by atoms with van der Waals surface area (Å²) in [5.41, 5.74) is 6.35. The minimum atomic E-state index is 0.489. The Hall–Kier alpha value is -3.78. The lowest BCUT2D eigenvalue weighted by Crippen LogP contribution is -2.36. The SMILES string of the molecule is CC1(CNCc2ccc3nc(Cn4cc(-c5cncc(-n6cccc6)c5)nn4)cn3c2)CCC1.